The smallest absolute Gasteiger partial charge is 0.474 e. The lowest BCUT2D eigenvalue weighted by Gasteiger charge is -2.18. The molecule has 0 saturated heterocycles. The lowest BCUT2D eigenvalue weighted by Crippen LogP contribution is -2.33. The second-order valence-electron chi connectivity index (χ2n) is 6.36. The molecule has 166 valence electrons. The minimum atomic E-state index is -4.73. The Balaban J connectivity index is 1.59. The normalized spacial score (nSPS) is 12.5. The number of halogens is 3. The van der Waals surface area contributed by atoms with Crippen LogP contribution in [0.15, 0.2) is 42.6 Å². The first-order chi connectivity index (χ1) is 14.9. The predicted octanol–water partition coefficient (Wildman–Crippen LogP) is 3.12. The minimum Gasteiger partial charge on any atom is -0.474 e. The molecule has 0 aliphatic carbocycles. The molecule has 0 spiro atoms. The van der Waals surface area contributed by atoms with Crippen molar-refractivity contribution >= 4 is 22.8 Å². The first kappa shape index (κ1) is 22.3. The summed E-state index contributed by atoms with van der Waals surface area (Å²) in [5, 5.41) is 21.6. The number of aromatic nitrogens is 3. The molecule has 0 aliphatic heterocycles. The van der Waals surface area contributed by atoms with Gasteiger partial charge in [-0.15, -0.1) is 18.3 Å². The van der Waals surface area contributed by atoms with Gasteiger partial charge in [-0.05, 0) is 12.0 Å². The third-order valence-electron chi connectivity index (χ3n) is 4.17. The Morgan fingerprint density at radius 3 is 2.71 bits per heavy atom. The fourth-order valence-electron chi connectivity index (χ4n) is 2.81. The number of carbonyl (C=O) groups is 1. The first-order valence-electron chi connectivity index (χ1n) is 9.26. The van der Waals surface area contributed by atoms with E-state index in [9.17, 15) is 23.1 Å². The van der Waals surface area contributed by atoms with Crippen molar-refractivity contribution < 1.29 is 32.5 Å². The maximum Gasteiger partial charge on any atom is 0.522 e. The number of benzene rings is 1. The summed E-state index contributed by atoms with van der Waals surface area (Å²) in [6.45, 7) is -1.13. The number of ether oxygens (including phenoxy) is 2. The molecule has 4 N–H and O–H groups in total. The molecule has 0 saturated carbocycles. The largest absolute Gasteiger partial charge is 0.522 e. The van der Waals surface area contributed by atoms with E-state index in [2.05, 4.69) is 30.6 Å². The molecule has 31 heavy (non-hydrogen) atoms. The second-order valence-corrected chi connectivity index (χ2v) is 6.36. The molecule has 1 unspecified atom stereocenters. The van der Waals surface area contributed by atoms with Gasteiger partial charge in [-0.3, -0.25) is 15.2 Å². The summed E-state index contributed by atoms with van der Waals surface area (Å²) in [5.74, 6) is 0.285. The summed E-state index contributed by atoms with van der Waals surface area (Å²) in [4.78, 5) is 16.5. The van der Waals surface area contributed by atoms with E-state index in [-0.39, 0.29) is 31.0 Å². The van der Waals surface area contributed by atoms with E-state index in [1.165, 1.54) is 12.3 Å². The van der Waals surface area contributed by atoms with Crippen molar-refractivity contribution in [3.8, 4) is 5.88 Å². The molecule has 1 aromatic carbocycles. The van der Waals surface area contributed by atoms with E-state index in [1.54, 1.807) is 0 Å². The topological polar surface area (TPSA) is 121 Å². The number of nitrogens with one attached hydrogen (secondary N) is 3. The number of amides is 2. The Morgan fingerprint density at radius 1 is 1.23 bits per heavy atom. The highest BCUT2D eigenvalue weighted by Gasteiger charge is 2.28. The SMILES string of the molecule is O=C(Nc1cc2[nH]nc(OCCOC(F)(F)F)c2cn1)NC(CCO)c1ccccc1. The Morgan fingerprint density at radius 2 is 2.00 bits per heavy atom. The van der Waals surface area contributed by atoms with Crippen LogP contribution < -0.4 is 15.4 Å². The predicted molar refractivity (Wildman–Crippen MR) is 104 cm³/mol. The Kier molecular flexibility index (Phi) is 7.26. The number of hydrogen-bond acceptors (Lipinski definition) is 6. The van der Waals surface area contributed by atoms with Crippen molar-refractivity contribution in [1.29, 1.82) is 0 Å². The number of hydrogen-bond donors (Lipinski definition) is 4. The Bertz CT molecular complexity index is 997. The molecule has 3 aromatic rings. The molecular weight excluding hydrogens is 419 g/mol. The zero-order chi connectivity index (χ0) is 22.3. The van der Waals surface area contributed by atoms with E-state index >= 15 is 0 Å². The number of H-pyrrole nitrogens is 1. The third-order valence-corrected chi connectivity index (χ3v) is 4.17. The van der Waals surface area contributed by atoms with Gasteiger partial charge in [0.2, 0.25) is 5.88 Å². The van der Waals surface area contributed by atoms with E-state index in [0.717, 1.165) is 5.56 Å². The number of alkyl halides is 3. The van der Waals surface area contributed by atoms with Crippen LogP contribution in [0.1, 0.15) is 18.0 Å². The van der Waals surface area contributed by atoms with Crippen LogP contribution in [0.25, 0.3) is 10.9 Å². The number of pyridine rings is 1. The maximum atomic E-state index is 12.4. The van der Waals surface area contributed by atoms with Gasteiger partial charge in [0.25, 0.3) is 0 Å². The summed E-state index contributed by atoms with van der Waals surface area (Å²) in [5.41, 5.74) is 1.31. The van der Waals surface area contributed by atoms with Crippen LogP contribution in [-0.4, -0.2) is 52.5 Å². The van der Waals surface area contributed by atoms with Crippen LogP contribution in [0.5, 0.6) is 5.88 Å². The fourth-order valence-corrected chi connectivity index (χ4v) is 2.81. The number of aliphatic hydroxyl groups excluding tert-OH is 1. The van der Waals surface area contributed by atoms with Crippen molar-refractivity contribution in [3.63, 3.8) is 0 Å². The quantitative estimate of drug-likeness (QED) is 0.380. The number of carbonyl (C=O) groups excluding carboxylic acids is 1. The van der Waals surface area contributed by atoms with E-state index in [0.29, 0.717) is 17.3 Å². The van der Waals surface area contributed by atoms with Crippen LogP contribution in [-0.2, 0) is 4.74 Å². The number of fused-ring (bicyclic) bond motifs is 1. The van der Waals surface area contributed by atoms with E-state index in [4.69, 9.17) is 4.74 Å². The number of anilines is 1. The molecular formula is C19H20F3N5O4. The molecule has 2 aromatic heterocycles. The molecule has 0 radical (unpaired) electrons. The van der Waals surface area contributed by atoms with Gasteiger partial charge in [-0.1, -0.05) is 30.3 Å². The van der Waals surface area contributed by atoms with Gasteiger partial charge < -0.3 is 15.2 Å². The van der Waals surface area contributed by atoms with Crippen molar-refractivity contribution in [1.82, 2.24) is 20.5 Å². The molecule has 9 nitrogen and oxygen atoms in total. The lowest BCUT2D eigenvalue weighted by atomic mass is 10.0. The highest BCUT2D eigenvalue weighted by molar-refractivity contribution is 5.92. The molecule has 0 fully saturated rings. The number of rotatable bonds is 9. The first-order valence-corrected chi connectivity index (χ1v) is 9.26. The molecule has 1 atom stereocenters. The summed E-state index contributed by atoms with van der Waals surface area (Å²) >= 11 is 0. The van der Waals surface area contributed by atoms with Crippen molar-refractivity contribution in [2.45, 2.75) is 18.8 Å². The molecule has 3 rings (SSSR count). The minimum absolute atomic E-state index is 0.0661. The van der Waals surface area contributed by atoms with Crippen LogP contribution in [0.2, 0.25) is 0 Å². The lowest BCUT2D eigenvalue weighted by molar-refractivity contribution is -0.325. The van der Waals surface area contributed by atoms with Gasteiger partial charge in [0, 0.05) is 18.9 Å². The summed E-state index contributed by atoms with van der Waals surface area (Å²) in [6.07, 6.45) is -3.02. The highest BCUT2D eigenvalue weighted by Crippen LogP contribution is 2.24. The van der Waals surface area contributed by atoms with Crippen molar-refractivity contribution in [2.24, 2.45) is 0 Å². The summed E-state index contributed by atoms with van der Waals surface area (Å²) in [6, 6.07) is 9.81. The average molecular weight is 439 g/mol. The number of urea groups is 1. The zero-order valence-corrected chi connectivity index (χ0v) is 16.1. The van der Waals surface area contributed by atoms with Crippen LogP contribution in [0.4, 0.5) is 23.8 Å². The van der Waals surface area contributed by atoms with Gasteiger partial charge in [0.1, 0.15) is 12.4 Å². The molecule has 0 bridgehead atoms. The Labute approximate surface area is 174 Å². The van der Waals surface area contributed by atoms with Crippen LogP contribution in [0, 0.1) is 0 Å². The van der Waals surface area contributed by atoms with Crippen molar-refractivity contribution in [2.75, 3.05) is 25.1 Å². The summed E-state index contributed by atoms with van der Waals surface area (Å²) in [7, 11) is 0. The van der Waals surface area contributed by atoms with E-state index in [1.807, 2.05) is 30.3 Å². The van der Waals surface area contributed by atoms with Gasteiger partial charge in [0.15, 0.2) is 0 Å². The molecule has 0 aliphatic rings. The average Bonchev–Trinajstić information content (AvgIpc) is 3.13. The highest BCUT2D eigenvalue weighted by atomic mass is 19.4. The van der Waals surface area contributed by atoms with Gasteiger partial charge in [0.05, 0.1) is 23.6 Å². The molecule has 2 heterocycles. The fraction of sp³-hybridized carbons (Fsp3) is 0.316. The molecule has 12 heteroatoms. The van der Waals surface area contributed by atoms with E-state index < -0.39 is 19.0 Å². The van der Waals surface area contributed by atoms with Gasteiger partial charge in [-0.25, -0.2) is 9.78 Å². The van der Waals surface area contributed by atoms with Crippen LogP contribution in [0.3, 0.4) is 0 Å². The standard InChI is InChI=1S/C19H20F3N5O4/c20-19(21,22)31-9-8-30-17-13-11-23-16(10-15(13)26-27-17)25-18(29)24-14(6-7-28)12-4-2-1-3-5-12/h1-5,10-11,14,28H,6-9H2,(H,26,27)(H2,23,24,25,29). The maximum absolute atomic E-state index is 12.4. The summed E-state index contributed by atoms with van der Waals surface area (Å²) < 4.78 is 44.7. The number of aromatic amines is 1. The third kappa shape index (κ3) is 6.55. The van der Waals surface area contributed by atoms with Gasteiger partial charge in [-0.2, -0.15) is 0 Å². The van der Waals surface area contributed by atoms with Gasteiger partial charge >= 0.3 is 12.4 Å². The number of nitrogens with zero attached hydrogens (tertiary/aromatic N) is 2. The Hall–Kier alpha value is -3.38. The monoisotopic (exact) mass is 439 g/mol. The second kappa shape index (κ2) is 10.1. The van der Waals surface area contributed by atoms with Crippen LogP contribution >= 0.6 is 0 Å². The molecule has 2 amide bonds. The zero-order valence-electron chi connectivity index (χ0n) is 16.1. The van der Waals surface area contributed by atoms with Crippen molar-refractivity contribution in [3.05, 3.63) is 48.2 Å². The number of aliphatic hydroxyl groups is 1.